The van der Waals surface area contributed by atoms with E-state index >= 15 is 0 Å². The summed E-state index contributed by atoms with van der Waals surface area (Å²) in [6.45, 7) is 3.61. The predicted molar refractivity (Wildman–Crippen MR) is 69.4 cm³/mol. The minimum Gasteiger partial charge on any atom is -0.480 e. The Bertz CT molecular complexity index is 506. The summed E-state index contributed by atoms with van der Waals surface area (Å²) >= 11 is 0. The van der Waals surface area contributed by atoms with Crippen molar-refractivity contribution >= 4 is 17.7 Å². The number of carbonyl (C=O) groups is 2. The molecule has 1 aromatic carbocycles. The Morgan fingerprint density at radius 1 is 1.30 bits per heavy atom. The number of nitrogens with one attached hydrogen (secondary N) is 2. The van der Waals surface area contributed by atoms with Crippen molar-refractivity contribution in [2.75, 3.05) is 5.32 Å². The summed E-state index contributed by atoms with van der Waals surface area (Å²) in [5.74, 6) is -3.42. The molecule has 0 saturated heterocycles. The molecule has 0 fully saturated rings. The quantitative estimate of drug-likeness (QED) is 0.778. The van der Waals surface area contributed by atoms with Crippen LogP contribution in [0.15, 0.2) is 18.2 Å². The molecule has 0 radical (unpaired) electrons. The molecule has 0 unspecified atom stereocenters. The number of carboxylic acid groups (broad SMARTS) is 1. The molecule has 0 spiro atoms. The molecule has 3 N–H and O–H groups in total. The highest BCUT2D eigenvalue weighted by molar-refractivity contribution is 5.92. The molecule has 0 aliphatic carbocycles. The second kappa shape index (κ2) is 6.83. The Morgan fingerprint density at radius 2 is 1.95 bits per heavy atom. The van der Waals surface area contributed by atoms with Crippen LogP contribution < -0.4 is 10.6 Å². The normalized spacial score (nSPS) is 12.1. The molecule has 5 nitrogen and oxygen atoms in total. The lowest BCUT2D eigenvalue weighted by atomic mass is 10.0. The highest BCUT2D eigenvalue weighted by Gasteiger charge is 2.21. The lowest BCUT2D eigenvalue weighted by molar-refractivity contribution is -0.139. The maximum absolute atomic E-state index is 13.3. The van der Waals surface area contributed by atoms with Crippen molar-refractivity contribution < 1.29 is 23.5 Å². The van der Waals surface area contributed by atoms with Gasteiger partial charge in [-0.2, -0.15) is 0 Å². The van der Waals surface area contributed by atoms with Gasteiger partial charge in [-0.3, -0.25) is 0 Å². The third kappa shape index (κ3) is 4.49. The molecular weight excluding hydrogens is 270 g/mol. The topological polar surface area (TPSA) is 78.4 Å². The van der Waals surface area contributed by atoms with Gasteiger partial charge < -0.3 is 15.7 Å². The van der Waals surface area contributed by atoms with Gasteiger partial charge in [0.1, 0.15) is 6.04 Å². The monoisotopic (exact) mass is 286 g/mol. The molecule has 0 saturated carbocycles. The molecule has 0 aliphatic rings. The van der Waals surface area contributed by atoms with Crippen molar-refractivity contribution in [1.82, 2.24) is 5.32 Å². The average Bonchev–Trinajstić information content (AvgIpc) is 2.33. The lowest BCUT2D eigenvalue weighted by Gasteiger charge is -2.17. The van der Waals surface area contributed by atoms with Gasteiger partial charge in [0.25, 0.3) is 0 Å². The van der Waals surface area contributed by atoms with Crippen LogP contribution in [0.3, 0.4) is 0 Å². The van der Waals surface area contributed by atoms with Crippen molar-refractivity contribution in [3.8, 4) is 0 Å². The van der Waals surface area contributed by atoms with Gasteiger partial charge in [0.15, 0.2) is 11.6 Å². The first-order valence-electron chi connectivity index (χ1n) is 6.05. The van der Waals surface area contributed by atoms with Crippen LogP contribution in [-0.2, 0) is 4.79 Å². The molecule has 0 aliphatic heterocycles. The van der Waals surface area contributed by atoms with E-state index in [2.05, 4.69) is 10.6 Å². The number of halogens is 2. The van der Waals surface area contributed by atoms with Crippen molar-refractivity contribution in [3.05, 3.63) is 29.8 Å². The zero-order chi connectivity index (χ0) is 15.3. The Labute approximate surface area is 115 Å². The van der Waals surface area contributed by atoms with Crippen molar-refractivity contribution in [3.63, 3.8) is 0 Å². The third-order valence-electron chi connectivity index (χ3n) is 2.51. The summed E-state index contributed by atoms with van der Waals surface area (Å²) in [6.07, 6.45) is 0.231. The molecule has 0 heterocycles. The number of hydrogen-bond acceptors (Lipinski definition) is 2. The van der Waals surface area contributed by atoms with Crippen molar-refractivity contribution in [1.29, 1.82) is 0 Å². The Kier molecular flexibility index (Phi) is 5.42. The molecule has 110 valence electrons. The maximum Gasteiger partial charge on any atom is 0.326 e. The van der Waals surface area contributed by atoms with Crippen LogP contribution >= 0.6 is 0 Å². The van der Waals surface area contributed by atoms with E-state index < -0.39 is 29.7 Å². The molecule has 1 rings (SSSR count). The molecule has 20 heavy (non-hydrogen) atoms. The smallest absolute Gasteiger partial charge is 0.326 e. The zero-order valence-corrected chi connectivity index (χ0v) is 11.1. The summed E-state index contributed by atoms with van der Waals surface area (Å²) in [5, 5.41) is 13.2. The molecule has 1 atom stereocenters. The van der Waals surface area contributed by atoms with Gasteiger partial charge in [-0.1, -0.05) is 19.9 Å². The predicted octanol–water partition coefficient (Wildman–Crippen LogP) is 2.59. The van der Waals surface area contributed by atoms with E-state index in [1.165, 1.54) is 12.1 Å². The fourth-order valence-corrected chi connectivity index (χ4v) is 1.61. The summed E-state index contributed by atoms with van der Waals surface area (Å²) < 4.78 is 26.3. The van der Waals surface area contributed by atoms with Crippen LogP contribution in [0.4, 0.5) is 19.3 Å². The summed E-state index contributed by atoms with van der Waals surface area (Å²) in [7, 11) is 0. The minimum absolute atomic E-state index is 0.0577. The molecule has 7 heteroatoms. The van der Waals surface area contributed by atoms with Gasteiger partial charge in [0, 0.05) is 0 Å². The number of hydrogen-bond donors (Lipinski definition) is 3. The number of carbonyl (C=O) groups excluding carboxylic acids is 1. The van der Waals surface area contributed by atoms with E-state index in [0.29, 0.717) is 0 Å². The number of rotatable bonds is 5. The first-order valence-corrected chi connectivity index (χ1v) is 6.05. The van der Waals surface area contributed by atoms with Crippen molar-refractivity contribution in [2.24, 2.45) is 5.92 Å². The van der Waals surface area contributed by atoms with E-state index in [1.807, 2.05) is 13.8 Å². The molecular formula is C13H16F2N2O3. The number of aliphatic carboxylic acids is 1. The molecule has 1 aromatic rings. The van der Waals surface area contributed by atoms with Gasteiger partial charge in [-0.15, -0.1) is 0 Å². The number of anilines is 1. The minimum atomic E-state index is -1.20. The van der Waals surface area contributed by atoms with Gasteiger partial charge in [-0.25, -0.2) is 18.4 Å². The lowest BCUT2D eigenvalue weighted by Crippen LogP contribution is -2.43. The van der Waals surface area contributed by atoms with Crippen LogP contribution in [0.2, 0.25) is 0 Å². The van der Waals surface area contributed by atoms with Crippen LogP contribution in [0.1, 0.15) is 20.3 Å². The largest absolute Gasteiger partial charge is 0.480 e. The third-order valence-corrected chi connectivity index (χ3v) is 2.51. The number of carboxylic acids is 1. The van der Waals surface area contributed by atoms with Gasteiger partial charge in [0.2, 0.25) is 0 Å². The molecule has 2 amide bonds. The standard InChI is InChI=1S/C13H16F2N2O3/c1-7(2)6-10(12(18)19)17-13(20)16-9-5-3-4-8(14)11(9)15/h3-5,7,10H,6H2,1-2H3,(H,18,19)(H2,16,17,20)/t10-/m0/s1. The average molecular weight is 286 g/mol. The first-order chi connectivity index (χ1) is 9.31. The Hall–Kier alpha value is -2.18. The fourth-order valence-electron chi connectivity index (χ4n) is 1.61. The first kappa shape index (κ1) is 15.9. The van der Waals surface area contributed by atoms with E-state index in [9.17, 15) is 18.4 Å². The van der Waals surface area contributed by atoms with Gasteiger partial charge in [0.05, 0.1) is 5.69 Å². The SMILES string of the molecule is CC(C)C[C@H](NC(=O)Nc1cccc(F)c1F)C(=O)O. The molecule has 0 aromatic heterocycles. The summed E-state index contributed by atoms with van der Waals surface area (Å²) in [6, 6.07) is 1.33. The second-order valence-corrected chi connectivity index (χ2v) is 4.72. The van der Waals surface area contributed by atoms with E-state index in [4.69, 9.17) is 5.11 Å². The fraction of sp³-hybridized carbons (Fsp3) is 0.385. The van der Waals surface area contributed by atoms with Crippen molar-refractivity contribution in [2.45, 2.75) is 26.3 Å². The second-order valence-electron chi connectivity index (χ2n) is 4.72. The van der Waals surface area contributed by atoms with E-state index in [-0.39, 0.29) is 18.0 Å². The summed E-state index contributed by atoms with van der Waals surface area (Å²) in [5.41, 5.74) is -0.351. The van der Waals surface area contributed by atoms with Crippen LogP contribution in [0.5, 0.6) is 0 Å². The zero-order valence-electron chi connectivity index (χ0n) is 11.1. The Balaban J connectivity index is 2.71. The number of benzene rings is 1. The number of urea groups is 1. The van der Waals surface area contributed by atoms with Crippen LogP contribution in [-0.4, -0.2) is 23.1 Å². The van der Waals surface area contributed by atoms with Crippen LogP contribution in [0.25, 0.3) is 0 Å². The van der Waals surface area contributed by atoms with E-state index in [0.717, 1.165) is 6.07 Å². The highest BCUT2D eigenvalue weighted by atomic mass is 19.2. The number of amides is 2. The molecule has 0 bridgehead atoms. The summed E-state index contributed by atoms with van der Waals surface area (Å²) in [4.78, 5) is 22.6. The van der Waals surface area contributed by atoms with Crippen LogP contribution in [0, 0.1) is 17.6 Å². The highest BCUT2D eigenvalue weighted by Crippen LogP contribution is 2.16. The van der Waals surface area contributed by atoms with Gasteiger partial charge in [-0.05, 0) is 24.5 Å². The maximum atomic E-state index is 13.3. The van der Waals surface area contributed by atoms with Gasteiger partial charge >= 0.3 is 12.0 Å². The van der Waals surface area contributed by atoms with E-state index in [1.54, 1.807) is 0 Å². The Morgan fingerprint density at radius 3 is 2.50 bits per heavy atom.